The standard InChI is InChI=1S/C15H21N5O/c1-10-11(2)16-9-17-15(10)20-6-14(7-20)19(4)5-13-8-21-12(3)18-13/h8-9,14H,5-7H2,1-4H3. The molecular formula is C15H21N5O. The number of hydrogen-bond donors (Lipinski definition) is 0. The number of nitrogens with zero attached hydrogens (tertiary/aromatic N) is 5. The molecule has 112 valence electrons. The first kappa shape index (κ1) is 14.0. The van der Waals surface area contributed by atoms with Gasteiger partial charge in [0.1, 0.15) is 18.4 Å². The molecule has 0 aromatic carbocycles. The second-order valence-corrected chi connectivity index (χ2v) is 5.74. The van der Waals surface area contributed by atoms with Gasteiger partial charge in [0.15, 0.2) is 5.89 Å². The highest BCUT2D eigenvalue weighted by Gasteiger charge is 2.32. The molecular weight excluding hydrogens is 266 g/mol. The van der Waals surface area contributed by atoms with Crippen LogP contribution in [-0.4, -0.2) is 46.0 Å². The van der Waals surface area contributed by atoms with E-state index in [0.717, 1.165) is 42.7 Å². The van der Waals surface area contributed by atoms with Gasteiger partial charge in [0, 0.05) is 43.9 Å². The van der Waals surface area contributed by atoms with Crippen LogP contribution >= 0.6 is 0 Å². The Morgan fingerprint density at radius 3 is 2.71 bits per heavy atom. The van der Waals surface area contributed by atoms with E-state index in [1.54, 1.807) is 12.6 Å². The minimum atomic E-state index is 0.525. The summed E-state index contributed by atoms with van der Waals surface area (Å²) in [5.41, 5.74) is 3.21. The van der Waals surface area contributed by atoms with Crippen LogP contribution in [0.5, 0.6) is 0 Å². The number of aromatic nitrogens is 3. The van der Waals surface area contributed by atoms with E-state index in [1.807, 2.05) is 13.8 Å². The molecule has 0 atom stereocenters. The SMILES string of the molecule is Cc1nc(CN(C)C2CN(c3ncnc(C)c3C)C2)co1. The Bertz CT molecular complexity index is 633. The van der Waals surface area contributed by atoms with Crippen LogP contribution in [0.3, 0.4) is 0 Å². The third kappa shape index (κ3) is 2.76. The van der Waals surface area contributed by atoms with Crippen LogP contribution in [-0.2, 0) is 6.54 Å². The molecule has 0 bridgehead atoms. The van der Waals surface area contributed by atoms with Gasteiger partial charge in [-0.15, -0.1) is 0 Å². The molecule has 3 rings (SSSR count). The summed E-state index contributed by atoms with van der Waals surface area (Å²) < 4.78 is 5.25. The average Bonchev–Trinajstić information content (AvgIpc) is 2.78. The molecule has 3 heterocycles. The van der Waals surface area contributed by atoms with E-state index in [4.69, 9.17) is 4.42 Å². The summed E-state index contributed by atoms with van der Waals surface area (Å²) in [5, 5.41) is 0. The maximum atomic E-state index is 5.25. The molecule has 0 spiro atoms. The van der Waals surface area contributed by atoms with Crippen molar-refractivity contribution in [2.45, 2.75) is 33.4 Å². The average molecular weight is 287 g/mol. The van der Waals surface area contributed by atoms with E-state index in [1.165, 1.54) is 5.56 Å². The molecule has 0 amide bonds. The number of hydrogen-bond acceptors (Lipinski definition) is 6. The van der Waals surface area contributed by atoms with Crippen LogP contribution in [0.2, 0.25) is 0 Å². The topological polar surface area (TPSA) is 58.3 Å². The molecule has 1 aliphatic rings. The molecule has 0 radical (unpaired) electrons. The molecule has 1 saturated heterocycles. The van der Waals surface area contributed by atoms with E-state index in [2.05, 4.69) is 38.7 Å². The van der Waals surface area contributed by atoms with Gasteiger partial charge in [-0.3, -0.25) is 4.90 Å². The molecule has 6 heteroatoms. The largest absolute Gasteiger partial charge is 0.449 e. The Balaban J connectivity index is 1.59. The predicted octanol–water partition coefficient (Wildman–Crippen LogP) is 1.71. The summed E-state index contributed by atoms with van der Waals surface area (Å²) >= 11 is 0. The first-order valence-electron chi connectivity index (χ1n) is 7.19. The monoisotopic (exact) mass is 287 g/mol. The van der Waals surface area contributed by atoms with Gasteiger partial charge >= 0.3 is 0 Å². The van der Waals surface area contributed by atoms with Crippen LogP contribution < -0.4 is 4.90 Å². The summed E-state index contributed by atoms with van der Waals surface area (Å²) in [6, 6.07) is 0.525. The minimum absolute atomic E-state index is 0.525. The predicted molar refractivity (Wildman–Crippen MR) is 80.2 cm³/mol. The quantitative estimate of drug-likeness (QED) is 0.853. The molecule has 0 N–H and O–H groups in total. The van der Waals surface area contributed by atoms with Crippen LogP contribution in [0.1, 0.15) is 22.8 Å². The minimum Gasteiger partial charge on any atom is -0.449 e. The Morgan fingerprint density at radius 1 is 1.29 bits per heavy atom. The Kier molecular flexibility index (Phi) is 3.63. The zero-order chi connectivity index (χ0) is 15.0. The second-order valence-electron chi connectivity index (χ2n) is 5.74. The van der Waals surface area contributed by atoms with Crippen LogP contribution in [0.25, 0.3) is 0 Å². The first-order chi connectivity index (χ1) is 10.0. The van der Waals surface area contributed by atoms with Crippen molar-refractivity contribution in [1.82, 2.24) is 19.9 Å². The Hall–Kier alpha value is -1.95. The summed E-state index contributed by atoms with van der Waals surface area (Å²) in [6.45, 7) is 8.78. The fourth-order valence-electron chi connectivity index (χ4n) is 2.62. The lowest BCUT2D eigenvalue weighted by molar-refractivity contribution is 0.194. The lowest BCUT2D eigenvalue weighted by atomic mass is 10.1. The number of aryl methyl sites for hydroxylation is 2. The third-order valence-electron chi connectivity index (χ3n) is 4.17. The van der Waals surface area contributed by atoms with Gasteiger partial charge < -0.3 is 9.32 Å². The fraction of sp³-hybridized carbons (Fsp3) is 0.533. The van der Waals surface area contributed by atoms with Crippen molar-refractivity contribution < 1.29 is 4.42 Å². The highest BCUT2D eigenvalue weighted by molar-refractivity contribution is 5.50. The maximum absolute atomic E-state index is 5.25. The van der Waals surface area contributed by atoms with Crippen molar-refractivity contribution in [3.63, 3.8) is 0 Å². The van der Waals surface area contributed by atoms with Crippen LogP contribution in [0, 0.1) is 20.8 Å². The Morgan fingerprint density at radius 2 is 2.05 bits per heavy atom. The summed E-state index contributed by atoms with van der Waals surface area (Å²) in [7, 11) is 2.13. The lowest BCUT2D eigenvalue weighted by Crippen LogP contribution is -2.58. The van der Waals surface area contributed by atoms with Crippen molar-refractivity contribution >= 4 is 5.82 Å². The first-order valence-corrected chi connectivity index (χ1v) is 7.19. The highest BCUT2D eigenvalue weighted by atomic mass is 16.3. The summed E-state index contributed by atoms with van der Waals surface area (Å²) in [5.74, 6) is 1.78. The molecule has 0 aliphatic carbocycles. The lowest BCUT2D eigenvalue weighted by Gasteiger charge is -2.45. The van der Waals surface area contributed by atoms with E-state index in [9.17, 15) is 0 Å². The van der Waals surface area contributed by atoms with Gasteiger partial charge in [-0.25, -0.2) is 15.0 Å². The number of oxazole rings is 1. The van der Waals surface area contributed by atoms with Crippen molar-refractivity contribution in [3.8, 4) is 0 Å². The van der Waals surface area contributed by atoms with E-state index in [-0.39, 0.29) is 0 Å². The maximum Gasteiger partial charge on any atom is 0.191 e. The van der Waals surface area contributed by atoms with Gasteiger partial charge in [0.05, 0.1) is 5.69 Å². The van der Waals surface area contributed by atoms with Crippen LogP contribution in [0.4, 0.5) is 5.82 Å². The van der Waals surface area contributed by atoms with Gasteiger partial charge in [0.25, 0.3) is 0 Å². The highest BCUT2D eigenvalue weighted by Crippen LogP contribution is 2.25. The van der Waals surface area contributed by atoms with Gasteiger partial charge in [-0.2, -0.15) is 0 Å². The number of anilines is 1. The smallest absolute Gasteiger partial charge is 0.191 e. The van der Waals surface area contributed by atoms with Crippen molar-refractivity contribution in [2.75, 3.05) is 25.0 Å². The summed E-state index contributed by atoms with van der Waals surface area (Å²) in [4.78, 5) is 17.6. The van der Waals surface area contributed by atoms with Crippen molar-refractivity contribution in [3.05, 3.63) is 35.4 Å². The van der Waals surface area contributed by atoms with E-state index < -0.39 is 0 Å². The number of rotatable bonds is 4. The molecule has 1 aliphatic heterocycles. The second kappa shape index (κ2) is 5.44. The molecule has 2 aromatic heterocycles. The van der Waals surface area contributed by atoms with Crippen molar-refractivity contribution in [2.24, 2.45) is 0 Å². The zero-order valence-electron chi connectivity index (χ0n) is 13.0. The molecule has 21 heavy (non-hydrogen) atoms. The van der Waals surface area contributed by atoms with Crippen molar-refractivity contribution in [1.29, 1.82) is 0 Å². The zero-order valence-corrected chi connectivity index (χ0v) is 13.0. The number of likely N-dealkylation sites (N-methyl/N-ethyl adjacent to an activating group) is 1. The molecule has 1 fully saturated rings. The van der Waals surface area contributed by atoms with Gasteiger partial charge in [-0.05, 0) is 20.9 Å². The third-order valence-corrected chi connectivity index (χ3v) is 4.17. The Labute approximate surface area is 124 Å². The fourth-order valence-corrected chi connectivity index (χ4v) is 2.62. The molecule has 0 saturated carbocycles. The van der Waals surface area contributed by atoms with Gasteiger partial charge in [-0.1, -0.05) is 0 Å². The van der Waals surface area contributed by atoms with E-state index in [0.29, 0.717) is 6.04 Å². The van der Waals surface area contributed by atoms with Crippen LogP contribution in [0.15, 0.2) is 17.0 Å². The molecule has 0 unspecified atom stereocenters. The molecule has 6 nitrogen and oxygen atoms in total. The molecule has 2 aromatic rings. The normalized spacial score (nSPS) is 15.6. The van der Waals surface area contributed by atoms with E-state index >= 15 is 0 Å². The van der Waals surface area contributed by atoms with Gasteiger partial charge in [0.2, 0.25) is 0 Å². The summed E-state index contributed by atoms with van der Waals surface area (Å²) in [6.07, 6.45) is 3.38.